The minimum Gasteiger partial charge on any atom is -0.396 e. The molecule has 0 radical (unpaired) electrons. The summed E-state index contributed by atoms with van der Waals surface area (Å²) in [5.41, 5.74) is 0. The molecule has 2 rings (SSSR count). The Labute approximate surface area is 48.5 Å². The van der Waals surface area contributed by atoms with Crippen molar-refractivity contribution >= 4 is 0 Å². The molecule has 0 amide bonds. The van der Waals surface area contributed by atoms with E-state index in [-0.39, 0.29) is 0 Å². The van der Waals surface area contributed by atoms with Crippen molar-refractivity contribution in [3.05, 3.63) is 0 Å². The maximum Gasteiger partial charge on any atom is 0.0845 e. The summed E-state index contributed by atoms with van der Waals surface area (Å²) in [5.74, 6) is 0.554. The second-order valence-corrected chi connectivity index (χ2v) is 2.73. The standard InChI is InChI=1S/C6H10O2/c7-3-4-1-5-6(2-4)8-5/h4-7H,1-3H2/t5-,6-/m1/s1. The molecular weight excluding hydrogens is 104 g/mol. The number of ether oxygens (including phenoxy) is 1. The van der Waals surface area contributed by atoms with Crippen LogP contribution in [0.4, 0.5) is 0 Å². The third-order valence-corrected chi connectivity index (χ3v) is 2.08. The number of fused-ring (bicyclic) bond motifs is 1. The van der Waals surface area contributed by atoms with Gasteiger partial charge in [-0.25, -0.2) is 0 Å². The molecule has 1 heterocycles. The zero-order chi connectivity index (χ0) is 5.56. The van der Waals surface area contributed by atoms with Gasteiger partial charge in [0.25, 0.3) is 0 Å². The van der Waals surface area contributed by atoms with Crippen molar-refractivity contribution in [2.24, 2.45) is 5.92 Å². The highest BCUT2D eigenvalue weighted by Gasteiger charge is 2.47. The molecule has 2 aliphatic rings. The lowest BCUT2D eigenvalue weighted by Crippen LogP contribution is -2.03. The van der Waals surface area contributed by atoms with Gasteiger partial charge in [0.05, 0.1) is 12.2 Å². The first kappa shape index (κ1) is 4.77. The SMILES string of the molecule is OCC1C[C@H]2O[C@@H]2C1. The molecule has 1 aliphatic heterocycles. The number of hydrogen-bond acceptors (Lipinski definition) is 2. The van der Waals surface area contributed by atoms with Crippen LogP contribution in [0.25, 0.3) is 0 Å². The van der Waals surface area contributed by atoms with Gasteiger partial charge in [0.2, 0.25) is 0 Å². The lowest BCUT2D eigenvalue weighted by Gasteiger charge is -2.03. The van der Waals surface area contributed by atoms with Crippen LogP contribution >= 0.6 is 0 Å². The molecule has 0 aromatic heterocycles. The van der Waals surface area contributed by atoms with Crippen LogP contribution in [0.2, 0.25) is 0 Å². The van der Waals surface area contributed by atoms with Crippen molar-refractivity contribution in [1.82, 2.24) is 0 Å². The van der Waals surface area contributed by atoms with Crippen molar-refractivity contribution < 1.29 is 9.84 Å². The highest BCUT2D eigenvalue weighted by atomic mass is 16.6. The maximum absolute atomic E-state index is 8.65. The van der Waals surface area contributed by atoms with Gasteiger partial charge in [-0.1, -0.05) is 0 Å². The molecule has 0 unspecified atom stereocenters. The first-order valence-electron chi connectivity index (χ1n) is 3.16. The predicted molar refractivity (Wildman–Crippen MR) is 28.5 cm³/mol. The van der Waals surface area contributed by atoms with E-state index in [1.165, 1.54) is 0 Å². The molecule has 2 nitrogen and oxygen atoms in total. The molecule has 1 saturated carbocycles. The molecule has 2 atom stereocenters. The number of aliphatic hydroxyl groups is 1. The molecule has 1 N–H and O–H groups in total. The van der Waals surface area contributed by atoms with Gasteiger partial charge in [0.1, 0.15) is 0 Å². The molecule has 0 spiro atoms. The monoisotopic (exact) mass is 114 g/mol. The van der Waals surface area contributed by atoms with E-state index in [0.29, 0.717) is 24.7 Å². The first-order chi connectivity index (χ1) is 3.90. The van der Waals surface area contributed by atoms with Crippen LogP contribution in [0.5, 0.6) is 0 Å². The average Bonchev–Trinajstić information content (AvgIpc) is 2.40. The number of epoxide rings is 1. The van der Waals surface area contributed by atoms with E-state index in [1.807, 2.05) is 0 Å². The lowest BCUT2D eigenvalue weighted by atomic mass is 10.1. The van der Waals surface area contributed by atoms with E-state index in [4.69, 9.17) is 9.84 Å². The number of hydrogen-bond donors (Lipinski definition) is 1. The zero-order valence-electron chi connectivity index (χ0n) is 4.71. The Morgan fingerprint density at radius 1 is 1.38 bits per heavy atom. The fourth-order valence-corrected chi connectivity index (χ4v) is 1.50. The van der Waals surface area contributed by atoms with Gasteiger partial charge in [0.15, 0.2) is 0 Å². The van der Waals surface area contributed by atoms with Gasteiger partial charge in [-0.2, -0.15) is 0 Å². The molecular formula is C6H10O2. The van der Waals surface area contributed by atoms with Crippen molar-refractivity contribution in [3.8, 4) is 0 Å². The summed E-state index contributed by atoms with van der Waals surface area (Å²) in [6.45, 7) is 0.358. The molecule has 46 valence electrons. The van der Waals surface area contributed by atoms with Crippen LogP contribution in [0.15, 0.2) is 0 Å². The summed E-state index contributed by atoms with van der Waals surface area (Å²) in [4.78, 5) is 0. The zero-order valence-corrected chi connectivity index (χ0v) is 4.71. The normalized spacial score (nSPS) is 44.6. The van der Waals surface area contributed by atoms with Crippen LogP contribution in [-0.4, -0.2) is 23.9 Å². The van der Waals surface area contributed by atoms with E-state index >= 15 is 0 Å². The molecule has 1 saturated heterocycles. The predicted octanol–water partition coefficient (Wildman–Crippen LogP) is 0.156. The van der Waals surface area contributed by atoms with Crippen LogP contribution in [0.3, 0.4) is 0 Å². The Balaban J connectivity index is 1.89. The van der Waals surface area contributed by atoms with Crippen molar-refractivity contribution in [1.29, 1.82) is 0 Å². The quantitative estimate of drug-likeness (QED) is 0.492. The van der Waals surface area contributed by atoms with E-state index in [1.54, 1.807) is 0 Å². The van der Waals surface area contributed by atoms with Crippen molar-refractivity contribution in [2.45, 2.75) is 25.0 Å². The third-order valence-electron chi connectivity index (χ3n) is 2.08. The van der Waals surface area contributed by atoms with Crippen molar-refractivity contribution in [3.63, 3.8) is 0 Å². The van der Waals surface area contributed by atoms with Crippen LogP contribution in [0, 0.1) is 5.92 Å². The van der Waals surface area contributed by atoms with Gasteiger partial charge in [-0.05, 0) is 18.8 Å². The lowest BCUT2D eigenvalue weighted by molar-refractivity contribution is 0.181. The topological polar surface area (TPSA) is 32.8 Å². The minimum atomic E-state index is 0.358. The molecule has 0 aromatic rings. The van der Waals surface area contributed by atoms with Crippen LogP contribution in [0.1, 0.15) is 12.8 Å². The largest absolute Gasteiger partial charge is 0.396 e. The Bertz CT molecular complexity index is 92.7. The fraction of sp³-hybridized carbons (Fsp3) is 1.00. The summed E-state index contributed by atoms with van der Waals surface area (Å²) >= 11 is 0. The minimum absolute atomic E-state index is 0.358. The fourth-order valence-electron chi connectivity index (χ4n) is 1.50. The average molecular weight is 114 g/mol. The van der Waals surface area contributed by atoms with Gasteiger partial charge in [-0.3, -0.25) is 0 Å². The second-order valence-electron chi connectivity index (χ2n) is 2.73. The second kappa shape index (κ2) is 1.45. The van der Waals surface area contributed by atoms with Gasteiger partial charge in [0, 0.05) is 6.61 Å². The van der Waals surface area contributed by atoms with E-state index in [2.05, 4.69) is 0 Å². The Morgan fingerprint density at radius 2 is 2.00 bits per heavy atom. The Morgan fingerprint density at radius 3 is 2.38 bits per heavy atom. The van der Waals surface area contributed by atoms with E-state index < -0.39 is 0 Å². The van der Waals surface area contributed by atoms with Crippen molar-refractivity contribution in [2.75, 3.05) is 6.61 Å². The smallest absolute Gasteiger partial charge is 0.0845 e. The Hall–Kier alpha value is -0.0800. The maximum atomic E-state index is 8.65. The molecule has 0 aromatic carbocycles. The number of aliphatic hydroxyl groups excluding tert-OH is 1. The number of rotatable bonds is 1. The van der Waals surface area contributed by atoms with E-state index in [0.717, 1.165) is 12.8 Å². The molecule has 2 fully saturated rings. The van der Waals surface area contributed by atoms with Gasteiger partial charge >= 0.3 is 0 Å². The highest BCUT2D eigenvalue weighted by Crippen LogP contribution is 2.41. The highest BCUT2D eigenvalue weighted by molar-refractivity contribution is 4.95. The first-order valence-corrected chi connectivity index (χ1v) is 3.16. The summed E-state index contributed by atoms with van der Waals surface area (Å²) < 4.78 is 5.17. The summed E-state index contributed by atoms with van der Waals surface area (Å²) in [6, 6.07) is 0. The molecule has 1 aliphatic carbocycles. The van der Waals surface area contributed by atoms with E-state index in [9.17, 15) is 0 Å². The summed E-state index contributed by atoms with van der Waals surface area (Å²) in [6.07, 6.45) is 3.27. The molecule has 0 bridgehead atoms. The molecule has 2 heteroatoms. The Kier molecular flexibility index (Phi) is 0.866. The van der Waals surface area contributed by atoms with Gasteiger partial charge in [-0.15, -0.1) is 0 Å². The third kappa shape index (κ3) is 0.565. The summed E-state index contributed by atoms with van der Waals surface area (Å²) in [7, 11) is 0. The van der Waals surface area contributed by atoms with Gasteiger partial charge < -0.3 is 9.84 Å². The summed E-state index contributed by atoms with van der Waals surface area (Å²) in [5, 5.41) is 8.65. The molecule has 8 heavy (non-hydrogen) atoms. The van der Waals surface area contributed by atoms with Crippen LogP contribution in [-0.2, 0) is 4.74 Å². The van der Waals surface area contributed by atoms with Crippen LogP contribution < -0.4 is 0 Å².